The standard InChI is InChI=1S/C16H22N4S/c1-12-17-7-8-20(12)15-14(5-4-6-18-15)19-13-9-16(2,3)11-21-10-13/h4-8,13,19H,9-11H2,1-3H3. The number of rotatable bonds is 3. The Morgan fingerprint density at radius 2 is 2.19 bits per heavy atom. The lowest BCUT2D eigenvalue weighted by Gasteiger charge is -2.35. The molecule has 1 unspecified atom stereocenters. The molecular weight excluding hydrogens is 280 g/mol. The Labute approximate surface area is 130 Å². The number of anilines is 1. The smallest absolute Gasteiger partial charge is 0.161 e. The molecule has 3 heterocycles. The van der Waals surface area contributed by atoms with Crippen molar-refractivity contribution in [2.45, 2.75) is 33.2 Å². The zero-order chi connectivity index (χ0) is 14.9. The fourth-order valence-corrected chi connectivity index (χ4v) is 4.15. The number of nitrogens with one attached hydrogen (secondary N) is 1. The van der Waals surface area contributed by atoms with Gasteiger partial charge >= 0.3 is 0 Å². The van der Waals surface area contributed by atoms with Crippen molar-refractivity contribution in [3.8, 4) is 5.82 Å². The summed E-state index contributed by atoms with van der Waals surface area (Å²) in [7, 11) is 0. The van der Waals surface area contributed by atoms with Gasteiger partial charge in [-0.25, -0.2) is 9.97 Å². The quantitative estimate of drug-likeness (QED) is 0.942. The molecule has 0 bridgehead atoms. The van der Waals surface area contributed by atoms with Gasteiger partial charge in [-0.1, -0.05) is 13.8 Å². The van der Waals surface area contributed by atoms with Crippen LogP contribution in [0.1, 0.15) is 26.1 Å². The average molecular weight is 302 g/mol. The first kappa shape index (κ1) is 14.4. The molecular formula is C16H22N4S. The van der Waals surface area contributed by atoms with Gasteiger partial charge in [-0.2, -0.15) is 11.8 Å². The summed E-state index contributed by atoms with van der Waals surface area (Å²) in [6, 6.07) is 4.58. The second kappa shape index (κ2) is 5.72. The number of pyridine rings is 1. The number of aryl methyl sites for hydroxylation is 1. The molecule has 0 aliphatic carbocycles. The summed E-state index contributed by atoms with van der Waals surface area (Å²) in [5.41, 5.74) is 1.48. The third kappa shape index (κ3) is 3.23. The molecule has 3 rings (SSSR count). The Hall–Kier alpha value is -1.49. The Morgan fingerprint density at radius 3 is 2.90 bits per heavy atom. The summed E-state index contributed by atoms with van der Waals surface area (Å²) in [6.45, 7) is 6.69. The van der Waals surface area contributed by atoms with Gasteiger partial charge in [-0.05, 0) is 36.6 Å². The number of aromatic nitrogens is 3. The maximum absolute atomic E-state index is 4.54. The molecule has 5 heteroatoms. The van der Waals surface area contributed by atoms with Crippen LogP contribution in [0.3, 0.4) is 0 Å². The van der Waals surface area contributed by atoms with Gasteiger partial charge in [0.25, 0.3) is 0 Å². The van der Waals surface area contributed by atoms with Crippen molar-refractivity contribution >= 4 is 17.4 Å². The summed E-state index contributed by atoms with van der Waals surface area (Å²) in [5, 5.41) is 3.69. The molecule has 4 nitrogen and oxygen atoms in total. The second-order valence-electron chi connectivity index (χ2n) is 6.44. The van der Waals surface area contributed by atoms with E-state index in [9.17, 15) is 0 Å². The SMILES string of the molecule is Cc1nccn1-c1ncccc1NC1CSCC(C)(C)C1. The van der Waals surface area contributed by atoms with E-state index in [-0.39, 0.29) is 0 Å². The van der Waals surface area contributed by atoms with Gasteiger partial charge in [-0.15, -0.1) is 0 Å². The predicted octanol–water partition coefficient (Wildman–Crippen LogP) is 3.52. The molecule has 0 spiro atoms. The zero-order valence-electron chi connectivity index (χ0n) is 12.8. The van der Waals surface area contributed by atoms with E-state index in [0.29, 0.717) is 11.5 Å². The number of thioether (sulfide) groups is 1. The highest BCUT2D eigenvalue weighted by Gasteiger charge is 2.28. The maximum Gasteiger partial charge on any atom is 0.161 e. The fraction of sp³-hybridized carbons (Fsp3) is 0.500. The summed E-state index contributed by atoms with van der Waals surface area (Å²) >= 11 is 2.03. The third-order valence-corrected chi connectivity index (χ3v) is 5.43. The average Bonchev–Trinajstić information content (AvgIpc) is 2.84. The summed E-state index contributed by atoms with van der Waals surface area (Å²) in [5.74, 6) is 4.28. The van der Waals surface area contributed by atoms with Gasteiger partial charge in [0.15, 0.2) is 5.82 Å². The molecule has 1 fully saturated rings. The third-order valence-electron chi connectivity index (χ3n) is 3.81. The largest absolute Gasteiger partial charge is 0.378 e. The molecule has 2 aromatic rings. The Kier molecular flexibility index (Phi) is 3.93. The number of nitrogens with zero attached hydrogens (tertiary/aromatic N) is 3. The van der Waals surface area contributed by atoms with Crippen LogP contribution in [0.25, 0.3) is 5.82 Å². The van der Waals surface area contributed by atoms with E-state index in [1.165, 1.54) is 12.2 Å². The molecule has 1 atom stereocenters. The van der Waals surface area contributed by atoms with Crippen LogP contribution >= 0.6 is 11.8 Å². The molecule has 2 aromatic heterocycles. The Morgan fingerprint density at radius 1 is 1.33 bits per heavy atom. The maximum atomic E-state index is 4.54. The van der Waals surface area contributed by atoms with Gasteiger partial charge in [0.1, 0.15) is 5.82 Å². The van der Waals surface area contributed by atoms with Crippen LogP contribution in [-0.2, 0) is 0 Å². The first-order valence-corrected chi connectivity index (χ1v) is 8.50. The van der Waals surface area contributed by atoms with Crippen molar-refractivity contribution in [2.24, 2.45) is 5.41 Å². The molecule has 1 aliphatic rings. The van der Waals surface area contributed by atoms with Crippen LogP contribution in [0.5, 0.6) is 0 Å². The van der Waals surface area contributed by atoms with Gasteiger partial charge in [-0.3, -0.25) is 4.57 Å². The molecule has 1 N–H and O–H groups in total. The van der Waals surface area contributed by atoms with Crippen LogP contribution in [0.4, 0.5) is 5.69 Å². The minimum atomic E-state index is 0.397. The fourth-order valence-electron chi connectivity index (χ4n) is 2.88. The highest BCUT2D eigenvalue weighted by Crippen LogP contribution is 2.35. The minimum Gasteiger partial charge on any atom is -0.378 e. The summed E-state index contributed by atoms with van der Waals surface area (Å²) < 4.78 is 2.03. The van der Waals surface area contributed by atoms with Crippen LogP contribution < -0.4 is 5.32 Å². The topological polar surface area (TPSA) is 42.7 Å². The van der Waals surface area contributed by atoms with E-state index < -0.39 is 0 Å². The van der Waals surface area contributed by atoms with Crippen LogP contribution in [0.15, 0.2) is 30.7 Å². The lowest BCUT2D eigenvalue weighted by atomic mass is 9.88. The highest BCUT2D eigenvalue weighted by atomic mass is 32.2. The van der Waals surface area contributed by atoms with Crippen molar-refractivity contribution in [2.75, 3.05) is 16.8 Å². The van der Waals surface area contributed by atoms with Crippen molar-refractivity contribution in [1.82, 2.24) is 14.5 Å². The van der Waals surface area contributed by atoms with Crippen LogP contribution in [0.2, 0.25) is 0 Å². The van der Waals surface area contributed by atoms with Crippen LogP contribution in [0, 0.1) is 12.3 Å². The summed E-state index contributed by atoms with van der Waals surface area (Å²) in [6.07, 6.45) is 6.80. The lowest BCUT2D eigenvalue weighted by Crippen LogP contribution is -2.35. The van der Waals surface area contributed by atoms with Gasteiger partial charge in [0, 0.05) is 30.4 Å². The second-order valence-corrected chi connectivity index (χ2v) is 7.47. The molecule has 1 saturated heterocycles. The molecule has 0 aromatic carbocycles. The van der Waals surface area contributed by atoms with Crippen molar-refractivity contribution in [3.63, 3.8) is 0 Å². The molecule has 0 amide bonds. The van der Waals surface area contributed by atoms with Crippen molar-refractivity contribution in [3.05, 3.63) is 36.5 Å². The van der Waals surface area contributed by atoms with E-state index >= 15 is 0 Å². The molecule has 21 heavy (non-hydrogen) atoms. The molecule has 1 aliphatic heterocycles. The van der Waals surface area contributed by atoms with E-state index in [0.717, 1.165) is 23.1 Å². The normalized spacial score (nSPS) is 21.2. The first-order valence-electron chi connectivity index (χ1n) is 7.35. The van der Waals surface area contributed by atoms with Gasteiger partial charge in [0.05, 0.1) is 5.69 Å². The lowest BCUT2D eigenvalue weighted by molar-refractivity contribution is 0.358. The summed E-state index contributed by atoms with van der Waals surface area (Å²) in [4.78, 5) is 8.83. The Bertz CT molecular complexity index is 620. The first-order chi connectivity index (χ1) is 10.1. The van der Waals surface area contributed by atoms with Crippen molar-refractivity contribution in [1.29, 1.82) is 0 Å². The van der Waals surface area contributed by atoms with E-state index in [1.807, 2.05) is 47.9 Å². The highest BCUT2D eigenvalue weighted by molar-refractivity contribution is 7.99. The van der Waals surface area contributed by atoms with Crippen LogP contribution in [-0.4, -0.2) is 32.1 Å². The number of imidazole rings is 1. The zero-order valence-corrected chi connectivity index (χ0v) is 13.7. The molecule has 112 valence electrons. The monoisotopic (exact) mass is 302 g/mol. The van der Waals surface area contributed by atoms with E-state index in [2.05, 4.69) is 35.2 Å². The van der Waals surface area contributed by atoms with Crippen molar-refractivity contribution < 1.29 is 0 Å². The van der Waals surface area contributed by atoms with Gasteiger partial charge < -0.3 is 5.32 Å². The van der Waals surface area contributed by atoms with E-state index in [4.69, 9.17) is 0 Å². The van der Waals surface area contributed by atoms with Gasteiger partial charge in [0.2, 0.25) is 0 Å². The number of hydrogen-bond donors (Lipinski definition) is 1. The minimum absolute atomic E-state index is 0.397. The predicted molar refractivity (Wildman–Crippen MR) is 89.2 cm³/mol. The Balaban J connectivity index is 1.85. The molecule has 0 radical (unpaired) electrons. The van der Waals surface area contributed by atoms with E-state index in [1.54, 1.807) is 0 Å². The number of hydrogen-bond acceptors (Lipinski definition) is 4. The molecule has 0 saturated carbocycles.